The van der Waals surface area contributed by atoms with Crippen LogP contribution in [0, 0.1) is 0 Å². The fourth-order valence-corrected chi connectivity index (χ4v) is 1.62. The van der Waals surface area contributed by atoms with Crippen LogP contribution in [0.3, 0.4) is 0 Å². The third kappa shape index (κ3) is 3.14. The molecular formula is C14H12O7. The van der Waals surface area contributed by atoms with Crippen LogP contribution in [0.5, 0.6) is 17.2 Å². The number of ether oxygens (including phenoxy) is 2. The molecule has 1 aromatic heterocycles. The van der Waals surface area contributed by atoms with Crippen LogP contribution in [0.25, 0.3) is 11.0 Å². The van der Waals surface area contributed by atoms with Gasteiger partial charge in [-0.3, -0.25) is 0 Å². The molecule has 0 saturated carbocycles. The number of fused-ring (bicyclic) bond motifs is 1. The minimum atomic E-state index is -1.13. The molecular weight excluding hydrogens is 280 g/mol. The van der Waals surface area contributed by atoms with Crippen molar-refractivity contribution >= 4 is 16.9 Å². The molecule has 21 heavy (non-hydrogen) atoms. The molecule has 0 bridgehead atoms. The summed E-state index contributed by atoms with van der Waals surface area (Å²) in [5, 5.41) is 18.8. The van der Waals surface area contributed by atoms with Gasteiger partial charge in [-0.1, -0.05) is 6.08 Å². The smallest absolute Gasteiger partial charge is 0.383 e. The maximum absolute atomic E-state index is 11.7. The van der Waals surface area contributed by atoms with Gasteiger partial charge in [-0.2, -0.15) is 0 Å². The third-order valence-electron chi connectivity index (χ3n) is 2.50. The second-order valence-electron chi connectivity index (χ2n) is 3.99. The second-order valence-corrected chi connectivity index (χ2v) is 3.99. The standard InChI is InChI=1S/C14H12O7/c1-2-5-19-13-12(17)9-4-3-8(20-7-11(15)16)6-10(9)21-14(13)18/h2-6,17H,7H2,1H3,(H,15,16)/b5-2-. The summed E-state index contributed by atoms with van der Waals surface area (Å²) < 4.78 is 15.0. The Morgan fingerprint density at radius 3 is 2.86 bits per heavy atom. The van der Waals surface area contributed by atoms with E-state index in [-0.39, 0.29) is 28.2 Å². The van der Waals surface area contributed by atoms with Gasteiger partial charge in [0.15, 0.2) is 12.4 Å². The number of hydrogen-bond acceptors (Lipinski definition) is 6. The van der Waals surface area contributed by atoms with E-state index < -0.39 is 18.2 Å². The summed E-state index contributed by atoms with van der Waals surface area (Å²) in [5.41, 5.74) is -0.790. The molecule has 0 spiro atoms. The lowest BCUT2D eigenvalue weighted by Gasteiger charge is -2.07. The Balaban J connectivity index is 2.45. The van der Waals surface area contributed by atoms with Gasteiger partial charge in [-0.15, -0.1) is 0 Å². The number of aromatic hydroxyl groups is 1. The minimum Gasteiger partial charge on any atom is -0.504 e. The number of aliphatic carboxylic acids is 1. The van der Waals surface area contributed by atoms with Crippen molar-refractivity contribution in [2.24, 2.45) is 0 Å². The van der Waals surface area contributed by atoms with E-state index in [2.05, 4.69) is 0 Å². The van der Waals surface area contributed by atoms with Gasteiger partial charge in [-0.25, -0.2) is 9.59 Å². The molecule has 0 aliphatic rings. The van der Waals surface area contributed by atoms with E-state index in [1.54, 1.807) is 13.0 Å². The first-order chi connectivity index (χ1) is 10.0. The molecule has 0 amide bonds. The van der Waals surface area contributed by atoms with Crippen LogP contribution in [0.4, 0.5) is 0 Å². The summed E-state index contributed by atoms with van der Waals surface area (Å²) in [5.74, 6) is -1.60. The number of carboxylic acids is 1. The molecule has 0 fully saturated rings. The Morgan fingerprint density at radius 2 is 2.19 bits per heavy atom. The molecule has 2 N–H and O–H groups in total. The van der Waals surface area contributed by atoms with E-state index in [0.29, 0.717) is 0 Å². The first kappa shape index (κ1) is 14.4. The molecule has 0 aliphatic carbocycles. The van der Waals surface area contributed by atoms with Gasteiger partial charge in [0.1, 0.15) is 11.3 Å². The van der Waals surface area contributed by atoms with Crippen molar-refractivity contribution < 1.29 is 28.9 Å². The first-order valence-corrected chi connectivity index (χ1v) is 5.95. The van der Waals surface area contributed by atoms with Crippen molar-refractivity contribution in [1.29, 1.82) is 0 Å². The predicted octanol–water partition coefficient (Wildman–Crippen LogP) is 1.87. The van der Waals surface area contributed by atoms with Gasteiger partial charge >= 0.3 is 11.6 Å². The largest absolute Gasteiger partial charge is 0.504 e. The average Bonchev–Trinajstić information content (AvgIpc) is 2.44. The van der Waals surface area contributed by atoms with Crippen molar-refractivity contribution in [2.75, 3.05) is 6.61 Å². The van der Waals surface area contributed by atoms with Gasteiger partial charge < -0.3 is 24.1 Å². The Kier molecular flexibility index (Phi) is 4.13. The highest BCUT2D eigenvalue weighted by atomic mass is 16.5. The molecule has 0 atom stereocenters. The molecule has 0 radical (unpaired) electrons. The highest BCUT2D eigenvalue weighted by molar-refractivity contribution is 5.86. The molecule has 0 saturated heterocycles. The maximum atomic E-state index is 11.7. The van der Waals surface area contributed by atoms with Crippen LogP contribution in [-0.4, -0.2) is 22.8 Å². The lowest BCUT2D eigenvalue weighted by molar-refractivity contribution is -0.139. The van der Waals surface area contributed by atoms with Gasteiger partial charge in [0.25, 0.3) is 5.75 Å². The Labute approximate surface area is 118 Å². The van der Waals surface area contributed by atoms with E-state index in [0.717, 1.165) is 0 Å². The topological polar surface area (TPSA) is 106 Å². The maximum Gasteiger partial charge on any atom is 0.383 e. The van der Waals surface area contributed by atoms with Gasteiger partial charge in [0, 0.05) is 6.07 Å². The average molecular weight is 292 g/mol. The number of allylic oxidation sites excluding steroid dienone is 1. The van der Waals surface area contributed by atoms with Crippen LogP contribution in [0.15, 0.2) is 39.7 Å². The van der Waals surface area contributed by atoms with E-state index in [9.17, 15) is 14.7 Å². The molecule has 1 aromatic carbocycles. The van der Waals surface area contributed by atoms with Crippen LogP contribution in [0.2, 0.25) is 0 Å². The highest BCUT2D eigenvalue weighted by Crippen LogP contribution is 2.33. The first-order valence-electron chi connectivity index (χ1n) is 5.95. The lowest BCUT2D eigenvalue weighted by Crippen LogP contribution is -2.09. The summed E-state index contributed by atoms with van der Waals surface area (Å²) in [7, 11) is 0. The minimum absolute atomic E-state index is 0.0632. The fourth-order valence-electron chi connectivity index (χ4n) is 1.62. The van der Waals surface area contributed by atoms with Crippen molar-refractivity contribution in [3.63, 3.8) is 0 Å². The van der Waals surface area contributed by atoms with Crippen LogP contribution in [-0.2, 0) is 4.79 Å². The molecule has 2 rings (SSSR count). The Hall–Kier alpha value is -2.96. The quantitative estimate of drug-likeness (QED) is 0.640. The lowest BCUT2D eigenvalue weighted by atomic mass is 10.2. The summed E-state index contributed by atoms with van der Waals surface area (Å²) in [4.78, 5) is 22.1. The van der Waals surface area contributed by atoms with Crippen molar-refractivity contribution in [3.05, 3.63) is 41.0 Å². The molecule has 7 heteroatoms. The van der Waals surface area contributed by atoms with Crippen LogP contribution >= 0.6 is 0 Å². The SMILES string of the molecule is C/C=C\Oc1c(O)c2ccc(OCC(=O)O)cc2oc1=O. The number of rotatable bonds is 5. The van der Waals surface area contributed by atoms with Gasteiger partial charge in [0.2, 0.25) is 0 Å². The summed E-state index contributed by atoms with van der Waals surface area (Å²) >= 11 is 0. The third-order valence-corrected chi connectivity index (χ3v) is 2.50. The van der Waals surface area contributed by atoms with Crippen molar-refractivity contribution in [3.8, 4) is 17.2 Å². The summed E-state index contributed by atoms with van der Waals surface area (Å²) in [6.07, 6.45) is 2.79. The van der Waals surface area contributed by atoms with Crippen molar-refractivity contribution in [1.82, 2.24) is 0 Å². The predicted molar refractivity (Wildman–Crippen MR) is 72.7 cm³/mol. The Morgan fingerprint density at radius 1 is 1.43 bits per heavy atom. The molecule has 0 unspecified atom stereocenters. The monoisotopic (exact) mass is 292 g/mol. The zero-order valence-corrected chi connectivity index (χ0v) is 11.0. The summed E-state index contributed by atoms with van der Waals surface area (Å²) in [6, 6.07) is 4.20. The van der Waals surface area contributed by atoms with Crippen molar-refractivity contribution in [2.45, 2.75) is 6.92 Å². The molecule has 110 valence electrons. The zero-order valence-electron chi connectivity index (χ0n) is 11.0. The van der Waals surface area contributed by atoms with E-state index in [1.165, 1.54) is 24.5 Å². The zero-order chi connectivity index (χ0) is 15.4. The van der Waals surface area contributed by atoms with Crippen LogP contribution < -0.4 is 15.1 Å². The number of benzene rings is 1. The molecule has 1 heterocycles. The summed E-state index contributed by atoms with van der Waals surface area (Å²) in [6.45, 7) is 1.16. The van der Waals surface area contributed by atoms with E-state index in [4.69, 9.17) is 19.0 Å². The second kappa shape index (κ2) is 6.00. The normalized spacial score (nSPS) is 10.9. The molecule has 2 aromatic rings. The van der Waals surface area contributed by atoms with Gasteiger partial charge in [0.05, 0.1) is 11.6 Å². The molecule has 0 aliphatic heterocycles. The highest BCUT2D eigenvalue weighted by Gasteiger charge is 2.15. The van der Waals surface area contributed by atoms with Crippen LogP contribution in [0.1, 0.15) is 6.92 Å². The van der Waals surface area contributed by atoms with E-state index >= 15 is 0 Å². The molecule has 7 nitrogen and oxygen atoms in total. The number of hydrogen-bond donors (Lipinski definition) is 2. The number of carbonyl (C=O) groups is 1. The Bertz CT molecular complexity index is 758. The number of carboxylic acid groups (broad SMARTS) is 1. The fraction of sp³-hybridized carbons (Fsp3) is 0.143. The van der Waals surface area contributed by atoms with E-state index in [1.807, 2.05) is 0 Å². The van der Waals surface area contributed by atoms with Gasteiger partial charge in [-0.05, 0) is 19.1 Å².